The maximum absolute atomic E-state index is 13.0. The molecule has 0 aromatic heterocycles. The van der Waals surface area contributed by atoms with E-state index >= 15 is 0 Å². The summed E-state index contributed by atoms with van der Waals surface area (Å²) in [4.78, 5) is 2.53. The van der Waals surface area contributed by atoms with Gasteiger partial charge >= 0.3 is 0 Å². The summed E-state index contributed by atoms with van der Waals surface area (Å²) in [6.07, 6.45) is 2.37. The Morgan fingerprint density at radius 2 is 1.68 bits per heavy atom. The summed E-state index contributed by atoms with van der Waals surface area (Å²) in [5.74, 6) is 0.363. The van der Waals surface area contributed by atoms with E-state index < -0.39 is 10.0 Å². The molecule has 0 unspecified atom stereocenters. The van der Waals surface area contributed by atoms with E-state index in [9.17, 15) is 8.42 Å². The van der Waals surface area contributed by atoms with E-state index in [2.05, 4.69) is 11.0 Å². The lowest BCUT2D eigenvalue weighted by Crippen LogP contribution is -2.28. The summed E-state index contributed by atoms with van der Waals surface area (Å²) in [5, 5.41) is 0. The molecule has 0 aliphatic carbocycles. The molecule has 2 aromatic rings. The number of methoxy groups -OCH3 is 1. The molecule has 1 heterocycles. The third-order valence-electron chi connectivity index (χ3n) is 4.59. The van der Waals surface area contributed by atoms with Gasteiger partial charge in [0.05, 0.1) is 7.11 Å². The van der Waals surface area contributed by atoms with Gasteiger partial charge < -0.3 is 9.64 Å². The molecule has 1 saturated heterocycles. The molecule has 1 fully saturated rings. The summed E-state index contributed by atoms with van der Waals surface area (Å²) in [7, 11) is -0.534. The molecule has 1 aliphatic rings. The molecule has 25 heavy (non-hydrogen) atoms. The van der Waals surface area contributed by atoms with Gasteiger partial charge in [-0.2, -0.15) is 4.31 Å². The van der Waals surface area contributed by atoms with Crippen molar-refractivity contribution in [1.82, 2.24) is 4.31 Å². The van der Waals surface area contributed by atoms with E-state index in [0.717, 1.165) is 24.3 Å². The zero-order valence-electron chi connectivity index (χ0n) is 14.7. The first-order valence-electron chi connectivity index (χ1n) is 8.46. The topological polar surface area (TPSA) is 49.9 Å². The summed E-state index contributed by atoms with van der Waals surface area (Å²) in [6.45, 7) is 2.38. The average Bonchev–Trinajstić information content (AvgIpc) is 3.16. The van der Waals surface area contributed by atoms with Gasteiger partial charge in [0.25, 0.3) is 0 Å². The van der Waals surface area contributed by atoms with Crippen LogP contribution in [0, 0.1) is 0 Å². The Kier molecular flexibility index (Phi) is 5.30. The van der Waals surface area contributed by atoms with Gasteiger partial charge in [0, 0.05) is 32.4 Å². The molecule has 0 saturated carbocycles. The minimum atomic E-state index is -3.63. The number of hydrogen-bond donors (Lipinski definition) is 0. The second kappa shape index (κ2) is 7.45. The van der Waals surface area contributed by atoms with E-state index in [0.29, 0.717) is 12.3 Å². The molecule has 0 amide bonds. The molecule has 0 N–H and O–H groups in total. The minimum absolute atomic E-state index is 0.193. The van der Waals surface area contributed by atoms with Crippen molar-refractivity contribution in [3.8, 4) is 5.75 Å². The zero-order valence-corrected chi connectivity index (χ0v) is 15.5. The standard InChI is InChI=1S/C19H24N2O3S/c1-20(25(22,23)19-12-6-5-11-18(19)24-2)15-16-9-3-4-10-17(16)21-13-7-8-14-21/h3-6,9-12H,7-8,13-15H2,1-2H3. The Bertz CT molecular complexity index is 830. The second-order valence-corrected chi connectivity index (χ2v) is 8.25. The number of hydrogen-bond acceptors (Lipinski definition) is 4. The van der Waals surface area contributed by atoms with E-state index in [1.807, 2.05) is 18.2 Å². The van der Waals surface area contributed by atoms with Crippen LogP contribution in [0.5, 0.6) is 5.75 Å². The summed E-state index contributed by atoms with van der Waals surface area (Å²) in [5.41, 5.74) is 2.15. The van der Waals surface area contributed by atoms with Crippen LogP contribution in [0.25, 0.3) is 0 Å². The Hall–Kier alpha value is -2.05. The molecular formula is C19H24N2O3S. The van der Waals surface area contributed by atoms with E-state index in [1.54, 1.807) is 31.3 Å². The highest BCUT2D eigenvalue weighted by Crippen LogP contribution is 2.29. The highest BCUT2D eigenvalue weighted by molar-refractivity contribution is 7.89. The summed E-state index contributed by atoms with van der Waals surface area (Å²) >= 11 is 0. The fourth-order valence-corrected chi connectivity index (χ4v) is 4.54. The van der Waals surface area contributed by atoms with Gasteiger partial charge in [0.2, 0.25) is 10.0 Å². The maximum Gasteiger partial charge on any atom is 0.246 e. The summed E-state index contributed by atoms with van der Waals surface area (Å²) in [6, 6.07) is 14.8. The Balaban J connectivity index is 1.88. The van der Waals surface area contributed by atoms with Crippen LogP contribution in [0.1, 0.15) is 18.4 Å². The van der Waals surface area contributed by atoms with Gasteiger partial charge in [-0.25, -0.2) is 8.42 Å². The molecule has 0 atom stereocenters. The SMILES string of the molecule is COc1ccccc1S(=O)(=O)N(C)Cc1ccccc1N1CCCC1. The number of para-hydroxylation sites is 2. The number of sulfonamides is 1. The van der Waals surface area contributed by atoms with Crippen molar-refractivity contribution >= 4 is 15.7 Å². The number of rotatable bonds is 6. The Labute approximate surface area is 149 Å². The fraction of sp³-hybridized carbons (Fsp3) is 0.368. The van der Waals surface area contributed by atoms with Crippen LogP contribution in [-0.4, -0.2) is 40.0 Å². The first-order chi connectivity index (χ1) is 12.0. The number of benzene rings is 2. The molecule has 2 aromatic carbocycles. The third kappa shape index (κ3) is 3.65. The van der Waals surface area contributed by atoms with Crippen molar-refractivity contribution in [3.63, 3.8) is 0 Å². The first kappa shape index (κ1) is 17.8. The zero-order chi connectivity index (χ0) is 17.9. The van der Waals surface area contributed by atoms with Gasteiger partial charge in [0.1, 0.15) is 10.6 Å². The van der Waals surface area contributed by atoms with Crippen LogP contribution in [0.3, 0.4) is 0 Å². The van der Waals surface area contributed by atoms with Crippen LogP contribution in [0.2, 0.25) is 0 Å². The van der Waals surface area contributed by atoms with E-state index in [-0.39, 0.29) is 4.90 Å². The Morgan fingerprint density at radius 3 is 2.40 bits per heavy atom. The molecule has 0 bridgehead atoms. The van der Waals surface area contributed by atoms with E-state index in [4.69, 9.17) is 4.74 Å². The monoisotopic (exact) mass is 360 g/mol. The van der Waals surface area contributed by atoms with Crippen molar-refractivity contribution in [2.75, 3.05) is 32.1 Å². The molecular weight excluding hydrogens is 336 g/mol. The van der Waals surface area contributed by atoms with Crippen molar-refractivity contribution in [3.05, 3.63) is 54.1 Å². The molecule has 134 valence electrons. The van der Waals surface area contributed by atoms with Crippen LogP contribution in [0.15, 0.2) is 53.4 Å². The van der Waals surface area contributed by atoms with Gasteiger partial charge in [-0.15, -0.1) is 0 Å². The second-order valence-electron chi connectivity index (χ2n) is 6.23. The van der Waals surface area contributed by atoms with Gasteiger partial charge in [-0.1, -0.05) is 30.3 Å². The van der Waals surface area contributed by atoms with Crippen LogP contribution in [-0.2, 0) is 16.6 Å². The fourth-order valence-electron chi connectivity index (χ4n) is 3.24. The Morgan fingerprint density at radius 1 is 1.04 bits per heavy atom. The normalized spacial score (nSPS) is 14.9. The largest absolute Gasteiger partial charge is 0.495 e. The molecule has 0 radical (unpaired) electrons. The van der Waals surface area contributed by atoms with Crippen LogP contribution >= 0.6 is 0 Å². The third-order valence-corrected chi connectivity index (χ3v) is 6.43. The number of nitrogens with zero attached hydrogens (tertiary/aromatic N) is 2. The highest BCUT2D eigenvalue weighted by atomic mass is 32.2. The molecule has 0 spiro atoms. The van der Waals surface area contributed by atoms with Crippen LogP contribution < -0.4 is 9.64 Å². The predicted molar refractivity (Wildman–Crippen MR) is 99.5 cm³/mol. The minimum Gasteiger partial charge on any atom is -0.495 e. The molecule has 3 rings (SSSR count). The number of ether oxygens (including phenoxy) is 1. The molecule has 5 nitrogen and oxygen atoms in total. The first-order valence-corrected chi connectivity index (χ1v) is 9.90. The quantitative estimate of drug-likeness (QED) is 0.794. The molecule has 6 heteroatoms. The van der Waals surface area contributed by atoms with Crippen molar-refractivity contribution < 1.29 is 13.2 Å². The van der Waals surface area contributed by atoms with Crippen molar-refractivity contribution in [2.45, 2.75) is 24.3 Å². The highest BCUT2D eigenvalue weighted by Gasteiger charge is 2.26. The van der Waals surface area contributed by atoms with Gasteiger partial charge in [0.15, 0.2) is 0 Å². The van der Waals surface area contributed by atoms with Crippen molar-refractivity contribution in [1.29, 1.82) is 0 Å². The summed E-state index contributed by atoms with van der Waals surface area (Å²) < 4.78 is 32.6. The van der Waals surface area contributed by atoms with Gasteiger partial charge in [-0.05, 0) is 36.6 Å². The lowest BCUT2D eigenvalue weighted by Gasteiger charge is -2.24. The smallest absolute Gasteiger partial charge is 0.246 e. The number of anilines is 1. The van der Waals surface area contributed by atoms with Crippen LogP contribution in [0.4, 0.5) is 5.69 Å². The maximum atomic E-state index is 13.0. The predicted octanol–water partition coefficient (Wildman–Crippen LogP) is 3.12. The van der Waals surface area contributed by atoms with E-state index in [1.165, 1.54) is 24.3 Å². The lowest BCUT2D eigenvalue weighted by atomic mass is 10.1. The van der Waals surface area contributed by atoms with Gasteiger partial charge in [-0.3, -0.25) is 0 Å². The molecule has 1 aliphatic heterocycles. The average molecular weight is 360 g/mol. The lowest BCUT2D eigenvalue weighted by molar-refractivity contribution is 0.397. The van der Waals surface area contributed by atoms with Crippen molar-refractivity contribution in [2.24, 2.45) is 0 Å².